The van der Waals surface area contributed by atoms with E-state index in [-0.39, 0.29) is 11.3 Å². The number of hydrogen-bond donors (Lipinski definition) is 0. The molecule has 0 amide bonds. The molecule has 0 unspecified atom stereocenters. The lowest BCUT2D eigenvalue weighted by Crippen LogP contribution is -2.36. The fraction of sp³-hybridized carbons (Fsp3) is 0.211. The zero-order chi connectivity index (χ0) is 16.1. The van der Waals surface area contributed by atoms with E-state index in [2.05, 4.69) is 4.90 Å². The van der Waals surface area contributed by atoms with Crippen molar-refractivity contribution in [3.63, 3.8) is 0 Å². The van der Waals surface area contributed by atoms with E-state index in [1.807, 2.05) is 24.3 Å². The minimum absolute atomic E-state index is 0.0914. The Morgan fingerprint density at radius 3 is 2.43 bits per heavy atom. The van der Waals surface area contributed by atoms with Crippen molar-refractivity contribution in [2.45, 2.75) is 0 Å². The molecule has 1 saturated heterocycles. The average Bonchev–Trinajstić information content (AvgIpc) is 2.61. The lowest BCUT2D eigenvalue weighted by atomic mass is 10.1. The summed E-state index contributed by atoms with van der Waals surface area (Å²) in [4.78, 5) is 14.3. The van der Waals surface area contributed by atoms with Gasteiger partial charge in [-0.25, -0.2) is 4.39 Å². The Morgan fingerprint density at radius 1 is 1.04 bits per heavy atom. The molecule has 0 atom stereocenters. The van der Waals surface area contributed by atoms with Gasteiger partial charge < -0.3 is 9.64 Å². The van der Waals surface area contributed by atoms with Gasteiger partial charge in [0.1, 0.15) is 5.82 Å². The van der Waals surface area contributed by atoms with E-state index in [1.165, 1.54) is 18.2 Å². The number of carbonyl (C=O) groups is 1. The maximum Gasteiger partial charge on any atom is 0.188 e. The summed E-state index contributed by atoms with van der Waals surface area (Å²) in [7, 11) is 0. The molecule has 0 N–H and O–H groups in total. The molecule has 0 radical (unpaired) electrons. The van der Waals surface area contributed by atoms with Crippen LogP contribution >= 0.6 is 0 Å². The van der Waals surface area contributed by atoms with E-state index in [4.69, 9.17) is 4.74 Å². The second-order valence-corrected chi connectivity index (χ2v) is 5.37. The van der Waals surface area contributed by atoms with Gasteiger partial charge in [-0.15, -0.1) is 0 Å². The van der Waals surface area contributed by atoms with Gasteiger partial charge in [-0.1, -0.05) is 30.3 Å². The SMILES string of the molecule is O=C(/C=C/c1ccc(N2CCOCC2)cc1)c1ccccc1F. The highest BCUT2D eigenvalue weighted by Crippen LogP contribution is 2.17. The molecule has 3 nitrogen and oxygen atoms in total. The highest BCUT2D eigenvalue weighted by Gasteiger charge is 2.10. The van der Waals surface area contributed by atoms with Crippen molar-refractivity contribution >= 4 is 17.5 Å². The Morgan fingerprint density at radius 2 is 1.74 bits per heavy atom. The molecule has 0 aliphatic carbocycles. The van der Waals surface area contributed by atoms with E-state index in [1.54, 1.807) is 18.2 Å². The normalized spacial score (nSPS) is 15.1. The fourth-order valence-corrected chi connectivity index (χ4v) is 2.54. The van der Waals surface area contributed by atoms with E-state index < -0.39 is 5.82 Å². The van der Waals surface area contributed by atoms with Crippen LogP contribution in [0.15, 0.2) is 54.6 Å². The highest BCUT2D eigenvalue weighted by atomic mass is 19.1. The van der Waals surface area contributed by atoms with Crippen LogP contribution in [-0.4, -0.2) is 32.1 Å². The standard InChI is InChI=1S/C19H18FNO2/c20-18-4-2-1-3-17(18)19(22)10-7-15-5-8-16(9-6-15)21-11-13-23-14-12-21/h1-10H,11-14H2/b10-7+. The van der Waals surface area contributed by atoms with Crippen molar-refractivity contribution in [2.24, 2.45) is 0 Å². The van der Waals surface area contributed by atoms with Gasteiger partial charge in [0.25, 0.3) is 0 Å². The van der Waals surface area contributed by atoms with Gasteiger partial charge in [-0.3, -0.25) is 4.79 Å². The van der Waals surface area contributed by atoms with Crippen molar-refractivity contribution < 1.29 is 13.9 Å². The zero-order valence-electron chi connectivity index (χ0n) is 12.7. The van der Waals surface area contributed by atoms with Crippen molar-refractivity contribution in [3.05, 3.63) is 71.6 Å². The average molecular weight is 311 g/mol. The molecule has 0 bridgehead atoms. The summed E-state index contributed by atoms with van der Waals surface area (Å²) in [6, 6.07) is 14.0. The molecule has 23 heavy (non-hydrogen) atoms. The maximum absolute atomic E-state index is 13.6. The van der Waals surface area contributed by atoms with Gasteiger partial charge in [0.15, 0.2) is 5.78 Å². The smallest absolute Gasteiger partial charge is 0.188 e. The molecule has 118 valence electrons. The number of morpholine rings is 1. The van der Waals surface area contributed by atoms with E-state index in [0.29, 0.717) is 0 Å². The molecule has 1 aliphatic heterocycles. The van der Waals surface area contributed by atoms with Gasteiger partial charge in [0, 0.05) is 18.8 Å². The molecule has 0 aromatic heterocycles. The van der Waals surface area contributed by atoms with Crippen LogP contribution < -0.4 is 4.90 Å². The third-order valence-corrected chi connectivity index (χ3v) is 3.84. The van der Waals surface area contributed by atoms with E-state index >= 15 is 0 Å². The number of ether oxygens (including phenoxy) is 1. The zero-order valence-corrected chi connectivity index (χ0v) is 12.7. The third-order valence-electron chi connectivity index (χ3n) is 3.84. The lowest BCUT2D eigenvalue weighted by Gasteiger charge is -2.28. The quantitative estimate of drug-likeness (QED) is 0.639. The molecule has 0 saturated carbocycles. The summed E-state index contributed by atoms with van der Waals surface area (Å²) in [5.74, 6) is -0.829. The number of allylic oxidation sites excluding steroid dienone is 1. The highest BCUT2D eigenvalue weighted by molar-refractivity contribution is 6.06. The van der Waals surface area contributed by atoms with Gasteiger partial charge in [0.05, 0.1) is 18.8 Å². The molecule has 1 fully saturated rings. The van der Waals surface area contributed by atoms with Crippen molar-refractivity contribution in [1.82, 2.24) is 0 Å². The Hall–Kier alpha value is -2.46. The third kappa shape index (κ3) is 3.85. The molecular weight excluding hydrogens is 293 g/mol. The van der Waals surface area contributed by atoms with Crippen LogP contribution in [0.4, 0.5) is 10.1 Å². The summed E-state index contributed by atoms with van der Waals surface area (Å²) >= 11 is 0. The second kappa shape index (κ2) is 7.20. The Bertz CT molecular complexity index is 704. The van der Waals surface area contributed by atoms with Crippen LogP contribution in [-0.2, 0) is 4.74 Å². The number of halogens is 1. The first-order valence-corrected chi connectivity index (χ1v) is 7.64. The van der Waals surface area contributed by atoms with Crippen molar-refractivity contribution in [2.75, 3.05) is 31.2 Å². The number of benzene rings is 2. The molecule has 4 heteroatoms. The maximum atomic E-state index is 13.6. The van der Waals surface area contributed by atoms with Crippen LogP contribution in [0.25, 0.3) is 6.08 Å². The lowest BCUT2D eigenvalue weighted by molar-refractivity contribution is 0.104. The van der Waals surface area contributed by atoms with Crippen LogP contribution in [0, 0.1) is 5.82 Å². The van der Waals surface area contributed by atoms with Gasteiger partial charge in [-0.05, 0) is 35.9 Å². The molecule has 2 aromatic carbocycles. The Labute approximate surface area is 135 Å². The van der Waals surface area contributed by atoms with Crippen LogP contribution in [0.2, 0.25) is 0 Å². The Balaban J connectivity index is 1.68. The minimum atomic E-state index is -0.496. The summed E-state index contributed by atoms with van der Waals surface area (Å²) in [6.07, 6.45) is 3.11. The van der Waals surface area contributed by atoms with Gasteiger partial charge in [0.2, 0.25) is 0 Å². The fourth-order valence-electron chi connectivity index (χ4n) is 2.54. The monoisotopic (exact) mass is 311 g/mol. The molecule has 1 heterocycles. The van der Waals surface area contributed by atoms with Gasteiger partial charge in [-0.2, -0.15) is 0 Å². The molecular formula is C19H18FNO2. The molecule has 1 aliphatic rings. The van der Waals surface area contributed by atoms with E-state index in [0.717, 1.165) is 37.6 Å². The first-order valence-electron chi connectivity index (χ1n) is 7.64. The van der Waals surface area contributed by atoms with Gasteiger partial charge >= 0.3 is 0 Å². The van der Waals surface area contributed by atoms with Crippen molar-refractivity contribution in [1.29, 1.82) is 0 Å². The van der Waals surface area contributed by atoms with Crippen molar-refractivity contribution in [3.8, 4) is 0 Å². The largest absolute Gasteiger partial charge is 0.378 e. The number of nitrogens with zero attached hydrogens (tertiary/aromatic N) is 1. The molecule has 2 aromatic rings. The number of anilines is 1. The van der Waals surface area contributed by atoms with Crippen LogP contribution in [0.1, 0.15) is 15.9 Å². The summed E-state index contributed by atoms with van der Waals surface area (Å²) in [5, 5.41) is 0. The number of ketones is 1. The van der Waals surface area contributed by atoms with Crippen LogP contribution in [0.3, 0.4) is 0 Å². The molecule has 3 rings (SSSR count). The minimum Gasteiger partial charge on any atom is -0.378 e. The summed E-state index contributed by atoms with van der Waals surface area (Å²) < 4.78 is 18.9. The summed E-state index contributed by atoms with van der Waals surface area (Å²) in [5.41, 5.74) is 2.14. The predicted molar refractivity (Wildman–Crippen MR) is 89.2 cm³/mol. The second-order valence-electron chi connectivity index (χ2n) is 5.37. The topological polar surface area (TPSA) is 29.5 Å². The van der Waals surface area contributed by atoms with Crippen LogP contribution in [0.5, 0.6) is 0 Å². The first-order chi connectivity index (χ1) is 11.2. The molecule has 0 spiro atoms. The first kappa shape index (κ1) is 15.4. The predicted octanol–water partition coefficient (Wildman–Crippen LogP) is 3.56. The number of rotatable bonds is 4. The summed E-state index contributed by atoms with van der Waals surface area (Å²) in [6.45, 7) is 3.28. The Kier molecular flexibility index (Phi) is 4.83. The number of hydrogen-bond acceptors (Lipinski definition) is 3. The van der Waals surface area contributed by atoms with E-state index in [9.17, 15) is 9.18 Å². The number of carbonyl (C=O) groups excluding carboxylic acids is 1.